The van der Waals surface area contributed by atoms with Gasteiger partial charge in [0.2, 0.25) is 0 Å². The Morgan fingerprint density at radius 3 is 2.40 bits per heavy atom. The van der Waals surface area contributed by atoms with E-state index in [4.69, 9.17) is 5.84 Å². The van der Waals surface area contributed by atoms with Crippen molar-refractivity contribution in [2.24, 2.45) is 11.8 Å². The van der Waals surface area contributed by atoms with Crippen molar-refractivity contribution in [1.29, 1.82) is 0 Å². The van der Waals surface area contributed by atoms with E-state index in [0.29, 0.717) is 5.92 Å². The van der Waals surface area contributed by atoms with Gasteiger partial charge in [-0.15, -0.1) is 0 Å². The van der Waals surface area contributed by atoms with Gasteiger partial charge in [0.1, 0.15) is 11.6 Å². The van der Waals surface area contributed by atoms with Crippen LogP contribution in [0.2, 0.25) is 0 Å². The highest BCUT2D eigenvalue weighted by Gasteiger charge is 2.32. The molecule has 1 fully saturated rings. The first-order valence-electron chi connectivity index (χ1n) is 6.72. The van der Waals surface area contributed by atoms with Crippen molar-refractivity contribution in [3.05, 3.63) is 17.7 Å². The van der Waals surface area contributed by atoms with Crippen LogP contribution >= 0.6 is 0 Å². The van der Waals surface area contributed by atoms with Crippen LogP contribution in [0.25, 0.3) is 0 Å². The molecular weight excluding hydrogens is 269 g/mol. The molecule has 1 aromatic rings. The molecule has 0 radical (unpaired) electrons. The molecule has 1 saturated carbocycles. The molecule has 20 heavy (non-hydrogen) atoms. The van der Waals surface area contributed by atoms with Crippen molar-refractivity contribution in [1.82, 2.24) is 4.98 Å². The van der Waals surface area contributed by atoms with Gasteiger partial charge in [0.25, 0.3) is 0 Å². The quantitative estimate of drug-likeness (QED) is 0.587. The minimum Gasteiger partial charge on any atom is -0.367 e. The molecule has 0 amide bonds. The van der Waals surface area contributed by atoms with Crippen molar-refractivity contribution in [2.45, 2.75) is 44.8 Å². The van der Waals surface area contributed by atoms with E-state index in [9.17, 15) is 13.2 Å². The number of pyridine rings is 1. The van der Waals surface area contributed by atoms with Gasteiger partial charge in [0.05, 0.1) is 5.56 Å². The lowest BCUT2D eigenvalue weighted by Gasteiger charge is -2.22. The van der Waals surface area contributed by atoms with Crippen molar-refractivity contribution in [3.63, 3.8) is 0 Å². The standard InChI is InChI=1S/C13H19F3N4/c1-8(9-4-2-3-5-9)18-11-6-10(13(14,15)16)7-12(19-11)20-17/h6-9H,2-5,17H2,1H3,(H2,18,19,20). The number of anilines is 2. The second-order valence-electron chi connectivity index (χ2n) is 5.25. The number of hydrogen-bond donors (Lipinski definition) is 3. The van der Waals surface area contributed by atoms with Gasteiger partial charge < -0.3 is 10.7 Å². The molecule has 0 spiro atoms. The first-order valence-corrected chi connectivity index (χ1v) is 6.72. The van der Waals surface area contributed by atoms with Gasteiger partial charge in [0, 0.05) is 6.04 Å². The molecule has 0 aliphatic heterocycles. The third kappa shape index (κ3) is 3.53. The molecule has 1 unspecified atom stereocenters. The summed E-state index contributed by atoms with van der Waals surface area (Å²) in [6.45, 7) is 1.98. The number of nitrogens with zero attached hydrogens (tertiary/aromatic N) is 1. The highest BCUT2D eigenvalue weighted by Crippen LogP contribution is 2.33. The van der Waals surface area contributed by atoms with Crippen LogP contribution in [0.15, 0.2) is 12.1 Å². The van der Waals surface area contributed by atoms with Crippen LogP contribution in [0.4, 0.5) is 24.8 Å². The summed E-state index contributed by atoms with van der Waals surface area (Å²) in [6.07, 6.45) is 0.163. The lowest BCUT2D eigenvalue weighted by Crippen LogP contribution is -2.25. The molecule has 7 heteroatoms. The van der Waals surface area contributed by atoms with Gasteiger partial charge in [-0.2, -0.15) is 13.2 Å². The van der Waals surface area contributed by atoms with Crippen molar-refractivity contribution in [3.8, 4) is 0 Å². The molecule has 1 aliphatic rings. The first-order chi connectivity index (χ1) is 9.40. The largest absolute Gasteiger partial charge is 0.416 e. The normalized spacial score (nSPS) is 18.1. The summed E-state index contributed by atoms with van der Waals surface area (Å²) in [4.78, 5) is 4.03. The maximum atomic E-state index is 12.8. The minimum absolute atomic E-state index is 0.000877. The van der Waals surface area contributed by atoms with E-state index in [0.717, 1.165) is 25.0 Å². The summed E-state index contributed by atoms with van der Waals surface area (Å²) in [7, 11) is 0. The number of nitrogens with two attached hydrogens (primary N) is 1. The number of rotatable bonds is 4. The molecule has 1 heterocycles. The van der Waals surface area contributed by atoms with Crippen LogP contribution in [-0.4, -0.2) is 11.0 Å². The minimum atomic E-state index is -4.42. The molecule has 1 aliphatic carbocycles. The summed E-state index contributed by atoms with van der Waals surface area (Å²) in [6, 6.07) is 2.01. The van der Waals surface area contributed by atoms with Crippen LogP contribution in [-0.2, 0) is 6.18 Å². The number of aromatic nitrogens is 1. The zero-order valence-electron chi connectivity index (χ0n) is 11.3. The Morgan fingerprint density at radius 1 is 1.25 bits per heavy atom. The highest BCUT2D eigenvalue weighted by molar-refractivity contribution is 5.49. The van der Waals surface area contributed by atoms with E-state index < -0.39 is 11.7 Å². The number of nitrogens with one attached hydrogen (secondary N) is 2. The summed E-state index contributed by atoms with van der Waals surface area (Å²) < 4.78 is 38.4. The van der Waals surface area contributed by atoms with Crippen LogP contribution in [0.1, 0.15) is 38.2 Å². The van der Waals surface area contributed by atoms with Gasteiger partial charge in [-0.25, -0.2) is 10.8 Å². The number of hydrogen-bond acceptors (Lipinski definition) is 4. The SMILES string of the molecule is CC(Nc1cc(C(F)(F)F)cc(NN)n1)C1CCCC1. The summed E-state index contributed by atoms with van der Waals surface area (Å²) in [5.41, 5.74) is 1.41. The van der Waals surface area contributed by atoms with E-state index in [1.54, 1.807) is 0 Å². The Balaban J connectivity index is 2.17. The maximum Gasteiger partial charge on any atom is 0.416 e. The molecule has 1 aromatic heterocycles. The van der Waals surface area contributed by atoms with E-state index in [2.05, 4.69) is 15.7 Å². The number of alkyl halides is 3. The Kier molecular flexibility index (Phi) is 4.37. The average Bonchev–Trinajstić information content (AvgIpc) is 2.91. The Morgan fingerprint density at radius 2 is 1.85 bits per heavy atom. The van der Waals surface area contributed by atoms with Crippen LogP contribution in [0.5, 0.6) is 0 Å². The number of halogens is 3. The third-order valence-electron chi connectivity index (χ3n) is 3.78. The second-order valence-corrected chi connectivity index (χ2v) is 5.25. The molecular formula is C13H19F3N4. The lowest BCUT2D eigenvalue weighted by atomic mass is 10.00. The molecule has 4 N–H and O–H groups in total. The Labute approximate surface area is 115 Å². The Hall–Kier alpha value is -1.50. The highest BCUT2D eigenvalue weighted by atomic mass is 19.4. The molecule has 0 aromatic carbocycles. The van der Waals surface area contributed by atoms with Crippen LogP contribution < -0.4 is 16.6 Å². The first kappa shape index (κ1) is 14.9. The Bertz CT molecular complexity index is 455. The molecule has 1 atom stereocenters. The topological polar surface area (TPSA) is 63.0 Å². The van der Waals surface area contributed by atoms with Crippen LogP contribution in [0, 0.1) is 5.92 Å². The number of hydrazine groups is 1. The zero-order valence-corrected chi connectivity index (χ0v) is 11.3. The van der Waals surface area contributed by atoms with Crippen molar-refractivity contribution >= 4 is 11.6 Å². The fourth-order valence-electron chi connectivity index (χ4n) is 2.65. The fourth-order valence-corrected chi connectivity index (χ4v) is 2.65. The van der Waals surface area contributed by atoms with Gasteiger partial charge in [-0.3, -0.25) is 0 Å². The second kappa shape index (κ2) is 5.87. The summed E-state index contributed by atoms with van der Waals surface area (Å²) in [5, 5.41) is 3.06. The summed E-state index contributed by atoms with van der Waals surface area (Å²) in [5.74, 6) is 5.86. The van der Waals surface area contributed by atoms with Gasteiger partial charge in [-0.05, 0) is 37.8 Å². The van der Waals surface area contributed by atoms with E-state index in [1.165, 1.54) is 12.8 Å². The van der Waals surface area contributed by atoms with E-state index in [-0.39, 0.29) is 17.7 Å². The summed E-state index contributed by atoms with van der Waals surface area (Å²) >= 11 is 0. The molecule has 4 nitrogen and oxygen atoms in total. The zero-order chi connectivity index (χ0) is 14.8. The number of nitrogen functional groups attached to an aromatic ring is 1. The van der Waals surface area contributed by atoms with Crippen molar-refractivity contribution in [2.75, 3.05) is 10.7 Å². The van der Waals surface area contributed by atoms with E-state index >= 15 is 0 Å². The molecule has 112 valence electrons. The predicted octanol–water partition coefficient (Wildman–Crippen LogP) is 3.38. The smallest absolute Gasteiger partial charge is 0.367 e. The van der Waals surface area contributed by atoms with Gasteiger partial charge in [-0.1, -0.05) is 12.8 Å². The monoisotopic (exact) mass is 288 g/mol. The third-order valence-corrected chi connectivity index (χ3v) is 3.78. The van der Waals surface area contributed by atoms with E-state index in [1.807, 2.05) is 6.92 Å². The molecule has 2 rings (SSSR count). The predicted molar refractivity (Wildman–Crippen MR) is 72.1 cm³/mol. The molecule has 0 saturated heterocycles. The molecule has 0 bridgehead atoms. The lowest BCUT2D eigenvalue weighted by molar-refractivity contribution is -0.137. The van der Waals surface area contributed by atoms with Crippen LogP contribution in [0.3, 0.4) is 0 Å². The average molecular weight is 288 g/mol. The fraction of sp³-hybridized carbons (Fsp3) is 0.615. The maximum absolute atomic E-state index is 12.8. The van der Waals surface area contributed by atoms with Gasteiger partial charge in [0.15, 0.2) is 0 Å². The van der Waals surface area contributed by atoms with Gasteiger partial charge >= 0.3 is 6.18 Å². The van der Waals surface area contributed by atoms with Crippen molar-refractivity contribution < 1.29 is 13.2 Å².